The van der Waals surface area contributed by atoms with Crippen molar-refractivity contribution < 1.29 is 13.2 Å². The summed E-state index contributed by atoms with van der Waals surface area (Å²) >= 11 is 6.38. The topological polar surface area (TPSA) is 26.0 Å². The van der Waals surface area contributed by atoms with Gasteiger partial charge in [0.15, 0.2) is 0 Å². The molecule has 2 rings (SSSR count). The minimum atomic E-state index is -4.42. The maximum absolute atomic E-state index is 13.1. The van der Waals surface area contributed by atoms with E-state index in [4.69, 9.17) is 5.73 Å². The zero-order valence-corrected chi connectivity index (χ0v) is 14.0. The summed E-state index contributed by atoms with van der Waals surface area (Å²) in [6, 6.07) is 10.7. The highest BCUT2D eigenvalue weighted by Gasteiger charge is 2.34. The summed E-state index contributed by atoms with van der Waals surface area (Å²) in [7, 11) is 0. The van der Waals surface area contributed by atoms with Crippen molar-refractivity contribution in [1.82, 2.24) is 0 Å². The summed E-state index contributed by atoms with van der Waals surface area (Å²) in [6.07, 6.45) is -4.07. The molecule has 6 heteroatoms. The van der Waals surface area contributed by atoms with Gasteiger partial charge in [0.1, 0.15) is 0 Å². The van der Waals surface area contributed by atoms with Gasteiger partial charge in [-0.25, -0.2) is 0 Å². The average Bonchev–Trinajstić information content (AvgIpc) is 2.40. The Morgan fingerprint density at radius 1 is 0.952 bits per heavy atom. The van der Waals surface area contributed by atoms with E-state index in [-0.39, 0.29) is 5.56 Å². The van der Waals surface area contributed by atoms with Crippen LogP contribution in [-0.4, -0.2) is 0 Å². The number of alkyl halides is 3. The molecule has 2 aromatic carbocycles. The van der Waals surface area contributed by atoms with Crippen molar-refractivity contribution in [3.63, 3.8) is 0 Å². The van der Waals surface area contributed by atoms with Crippen molar-refractivity contribution in [1.29, 1.82) is 0 Å². The van der Waals surface area contributed by atoms with Gasteiger partial charge in [0, 0.05) is 15.0 Å². The fourth-order valence-corrected chi connectivity index (χ4v) is 2.71. The molecule has 1 nitrogen and oxygen atoms in total. The molecule has 0 saturated heterocycles. The van der Waals surface area contributed by atoms with Crippen molar-refractivity contribution >= 4 is 31.9 Å². The Balaban J connectivity index is 2.30. The Kier molecular flexibility index (Phi) is 5.11. The summed E-state index contributed by atoms with van der Waals surface area (Å²) in [4.78, 5) is 0. The Morgan fingerprint density at radius 2 is 1.52 bits per heavy atom. The highest BCUT2D eigenvalue weighted by molar-refractivity contribution is 9.10. The van der Waals surface area contributed by atoms with E-state index in [0.29, 0.717) is 10.9 Å². The van der Waals surface area contributed by atoms with Gasteiger partial charge in [-0.2, -0.15) is 13.2 Å². The molecule has 0 aliphatic rings. The molecule has 1 unspecified atom stereocenters. The molecule has 0 radical (unpaired) electrons. The van der Waals surface area contributed by atoms with Crippen LogP contribution in [0.2, 0.25) is 0 Å². The van der Waals surface area contributed by atoms with Crippen LogP contribution in [-0.2, 0) is 12.6 Å². The first-order valence-corrected chi connectivity index (χ1v) is 7.72. The van der Waals surface area contributed by atoms with E-state index in [0.717, 1.165) is 16.1 Å². The Bertz CT molecular complexity index is 624. The van der Waals surface area contributed by atoms with Gasteiger partial charge in [0.2, 0.25) is 0 Å². The minimum absolute atomic E-state index is 0.105. The standard InChI is InChI=1S/C15H12Br2F3N/c16-10-3-1-9(2-4-10)7-14(21)12-6-5-11(17)8-13(12)15(18,19)20/h1-6,8,14H,7,21H2. The van der Waals surface area contributed by atoms with Crippen LogP contribution < -0.4 is 5.73 Å². The lowest BCUT2D eigenvalue weighted by Gasteiger charge is -2.19. The van der Waals surface area contributed by atoms with Gasteiger partial charge in [0.05, 0.1) is 5.56 Å². The Labute approximate surface area is 137 Å². The van der Waals surface area contributed by atoms with E-state index in [1.807, 2.05) is 24.3 Å². The van der Waals surface area contributed by atoms with E-state index in [1.54, 1.807) is 6.07 Å². The number of nitrogens with two attached hydrogens (primary N) is 1. The third-order valence-corrected chi connectivity index (χ3v) is 4.11. The van der Waals surface area contributed by atoms with Crippen LogP contribution in [0, 0.1) is 0 Å². The number of hydrogen-bond donors (Lipinski definition) is 1. The lowest BCUT2D eigenvalue weighted by atomic mass is 9.95. The molecule has 0 saturated carbocycles. The monoisotopic (exact) mass is 421 g/mol. The fraction of sp³-hybridized carbons (Fsp3) is 0.200. The van der Waals surface area contributed by atoms with E-state index in [9.17, 15) is 13.2 Å². The molecule has 2 N–H and O–H groups in total. The molecular formula is C15H12Br2F3N. The zero-order chi connectivity index (χ0) is 15.6. The van der Waals surface area contributed by atoms with Gasteiger partial charge in [-0.1, -0.05) is 50.1 Å². The molecule has 1 atom stereocenters. The molecule has 0 spiro atoms. The van der Waals surface area contributed by atoms with Crippen LogP contribution in [0.3, 0.4) is 0 Å². The molecule has 0 aromatic heterocycles. The van der Waals surface area contributed by atoms with Crippen molar-refractivity contribution in [3.8, 4) is 0 Å². The summed E-state index contributed by atoms with van der Waals surface area (Å²) in [5, 5.41) is 0. The van der Waals surface area contributed by atoms with Gasteiger partial charge in [-0.05, 0) is 41.8 Å². The van der Waals surface area contributed by atoms with Crippen LogP contribution in [0.15, 0.2) is 51.4 Å². The lowest BCUT2D eigenvalue weighted by molar-refractivity contribution is -0.138. The van der Waals surface area contributed by atoms with Crippen LogP contribution in [0.25, 0.3) is 0 Å². The molecule has 21 heavy (non-hydrogen) atoms. The highest BCUT2D eigenvalue weighted by atomic mass is 79.9. The number of halogens is 5. The molecule has 0 fully saturated rings. The van der Waals surface area contributed by atoms with Gasteiger partial charge >= 0.3 is 6.18 Å². The number of hydrogen-bond acceptors (Lipinski definition) is 1. The first kappa shape index (κ1) is 16.5. The fourth-order valence-electron chi connectivity index (χ4n) is 2.08. The van der Waals surface area contributed by atoms with Gasteiger partial charge in [-0.15, -0.1) is 0 Å². The lowest BCUT2D eigenvalue weighted by Crippen LogP contribution is -2.19. The maximum atomic E-state index is 13.1. The predicted octanol–water partition coefficient (Wildman–Crippen LogP) is 5.47. The quantitative estimate of drug-likeness (QED) is 0.696. The maximum Gasteiger partial charge on any atom is 0.416 e. The average molecular weight is 423 g/mol. The summed E-state index contributed by atoms with van der Waals surface area (Å²) in [5.74, 6) is 0. The second kappa shape index (κ2) is 6.50. The second-order valence-electron chi connectivity index (χ2n) is 4.67. The molecule has 0 aliphatic carbocycles. The summed E-state index contributed by atoms with van der Waals surface area (Å²) < 4.78 is 40.6. The second-order valence-corrected chi connectivity index (χ2v) is 6.50. The summed E-state index contributed by atoms with van der Waals surface area (Å²) in [5.41, 5.74) is 6.29. The number of rotatable bonds is 3. The first-order chi connectivity index (χ1) is 9.77. The smallest absolute Gasteiger partial charge is 0.324 e. The molecule has 112 valence electrons. The Hall–Kier alpha value is -0.850. The van der Waals surface area contributed by atoms with Crippen molar-refractivity contribution in [2.24, 2.45) is 5.73 Å². The normalized spacial score (nSPS) is 13.2. The largest absolute Gasteiger partial charge is 0.416 e. The van der Waals surface area contributed by atoms with Crippen LogP contribution in [0.1, 0.15) is 22.7 Å². The SMILES string of the molecule is NC(Cc1ccc(Br)cc1)c1ccc(Br)cc1C(F)(F)F. The van der Waals surface area contributed by atoms with Crippen LogP contribution in [0.4, 0.5) is 13.2 Å². The third kappa shape index (κ3) is 4.31. The number of benzene rings is 2. The van der Waals surface area contributed by atoms with Gasteiger partial charge in [0.25, 0.3) is 0 Å². The highest BCUT2D eigenvalue weighted by Crippen LogP contribution is 2.36. The third-order valence-electron chi connectivity index (χ3n) is 3.09. The Morgan fingerprint density at radius 3 is 2.10 bits per heavy atom. The van der Waals surface area contributed by atoms with E-state index >= 15 is 0 Å². The summed E-state index contributed by atoms with van der Waals surface area (Å²) in [6.45, 7) is 0. The van der Waals surface area contributed by atoms with Crippen LogP contribution in [0.5, 0.6) is 0 Å². The van der Waals surface area contributed by atoms with Gasteiger partial charge in [-0.3, -0.25) is 0 Å². The molecule has 2 aromatic rings. The zero-order valence-electron chi connectivity index (χ0n) is 10.8. The molecule has 0 bridgehead atoms. The van der Waals surface area contributed by atoms with Crippen molar-refractivity contribution in [2.45, 2.75) is 18.6 Å². The van der Waals surface area contributed by atoms with E-state index in [1.165, 1.54) is 6.07 Å². The first-order valence-electron chi connectivity index (χ1n) is 6.14. The van der Waals surface area contributed by atoms with Crippen molar-refractivity contribution in [2.75, 3.05) is 0 Å². The molecular weight excluding hydrogens is 411 g/mol. The minimum Gasteiger partial charge on any atom is -0.324 e. The van der Waals surface area contributed by atoms with E-state index in [2.05, 4.69) is 31.9 Å². The molecule has 0 aliphatic heterocycles. The molecule has 0 amide bonds. The van der Waals surface area contributed by atoms with Crippen LogP contribution >= 0.6 is 31.9 Å². The molecule has 0 heterocycles. The van der Waals surface area contributed by atoms with Gasteiger partial charge < -0.3 is 5.73 Å². The van der Waals surface area contributed by atoms with Crippen molar-refractivity contribution in [3.05, 3.63) is 68.1 Å². The predicted molar refractivity (Wildman–Crippen MR) is 83.9 cm³/mol. The van der Waals surface area contributed by atoms with E-state index < -0.39 is 17.8 Å².